The van der Waals surface area contributed by atoms with E-state index >= 15 is 0 Å². The molecule has 0 atom stereocenters. The Morgan fingerprint density at radius 3 is 1.56 bits per heavy atom. The summed E-state index contributed by atoms with van der Waals surface area (Å²) in [6, 6.07) is 15.7. The Bertz CT molecular complexity index is 1250. The van der Waals surface area contributed by atoms with Crippen LogP contribution in [0.2, 0.25) is 0 Å². The fourth-order valence-corrected chi connectivity index (χ4v) is 3.93. The van der Waals surface area contributed by atoms with Gasteiger partial charge in [-0.05, 0) is 68.1 Å². The van der Waals surface area contributed by atoms with Crippen LogP contribution in [0.5, 0.6) is 0 Å². The molecule has 3 rings (SSSR count). The molecule has 0 radical (unpaired) electrons. The first kappa shape index (κ1) is 11.0. The number of aryl methyl sites for hydroxylation is 4. The topological polar surface area (TPSA) is 0 Å². The van der Waals surface area contributed by atoms with Crippen molar-refractivity contribution >= 4 is 14.5 Å². The lowest BCUT2D eigenvalue weighted by molar-refractivity contribution is 1.11. The largest absolute Gasteiger partial charge is 0.108 e. The lowest BCUT2D eigenvalue weighted by atomic mass is 9.95. The molecule has 138 valence electrons. The number of hydrogen-bond donors (Lipinski definition) is 0. The van der Waals surface area contributed by atoms with E-state index in [1.165, 1.54) is 0 Å². The smallest absolute Gasteiger partial charge is 0.0280 e. The molecule has 0 saturated carbocycles. The minimum absolute atomic E-state index is 0.196. The van der Waals surface area contributed by atoms with Gasteiger partial charge in [0, 0.05) is 18.5 Å². The predicted octanol–water partition coefficient (Wildman–Crippen LogP) is 6.98. The second kappa shape index (κ2) is 8.68. The van der Waals surface area contributed by atoms with Gasteiger partial charge in [0.25, 0.3) is 0 Å². The molecule has 1 heteroatoms. The van der Waals surface area contributed by atoms with Gasteiger partial charge in [-0.15, -0.1) is 8.20 Å². The Labute approximate surface area is 178 Å². The zero-order valence-electron chi connectivity index (χ0n) is 24.5. The van der Waals surface area contributed by atoms with Crippen molar-refractivity contribution in [3.63, 3.8) is 0 Å². The summed E-state index contributed by atoms with van der Waals surface area (Å²) in [7, 11) is 0.876. The summed E-state index contributed by atoms with van der Waals surface area (Å²) < 4.78 is 70.6. The first-order valence-corrected chi connectivity index (χ1v) is 10.1. The van der Waals surface area contributed by atoms with Crippen LogP contribution in [-0.2, 0) is 19.0 Å². The van der Waals surface area contributed by atoms with Crippen molar-refractivity contribution in [2.24, 2.45) is 0 Å². The minimum Gasteiger partial charge on any atom is -0.108 e. The fourth-order valence-electron chi connectivity index (χ4n) is 3.49. The van der Waals surface area contributed by atoms with E-state index in [-0.39, 0.29) is 16.7 Å². The number of rotatable bonds is 6. The van der Waals surface area contributed by atoms with E-state index in [2.05, 4.69) is 6.30 Å². The molecule has 0 fully saturated rings. The van der Waals surface area contributed by atoms with Crippen LogP contribution in [0, 0.1) is 27.5 Å². The quantitative estimate of drug-likeness (QED) is 0.404. The average molecular weight is 382 g/mol. The highest BCUT2D eigenvalue weighted by molar-refractivity contribution is 7.35. The van der Waals surface area contributed by atoms with E-state index in [1.807, 2.05) is 25.1 Å². The van der Waals surface area contributed by atoms with Crippen molar-refractivity contribution in [2.45, 2.75) is 46.5 Å². The van der Waals surface area contributed by atoms with E-state index in [0.717, 1.165) is 41.6 Å². The van der Waals surface area contributed by atoms with Crippen molar-refractivity contribution in [3.8, 4) is 0 Å². The normalized spacial score (nSPS) is 17.4. The van der Waals surface area contributed by atoms with Gasteiger partial charge in [0.05, 0.1) is 0 Å². The van der Waals surface area contributed by atoms with E-state index in [0.29, 0.717) is 19.0 Å². The highest BCUT2D eigenvalue weighted by Gasteiger charge is 2.05. The van der Waals surface area contributed by atoms with Crippen LogP contribution < -0.4 is 0 Å². The lowest BCUT2D eigenvalue weighted by Gasteiger charge is -2.11. The molecular weight excluding hydrogens is 343 g/mol. The van der Waals surface area contributed by atoms with E-state index < -0.39 is 20.6 Å². The molecule has 0 heterocycles. The van der Waals surface area contributed by atoms with E-state index in [1.54, 1.807) is 36.4 Å². The molecule has 3 aromatic carbocycles. The molecule has 0 aliphatic carbocycles. The fraction of sp³-hybridized carbons (Fsp3) is 0.269. The molecule has 0 aromatic heterocycles. The van der Waals surface area contributed by atoms with E-state index in [4.69, 9.17) is 12.3 Å². The van der Waals surface area contributed by atoms with Gasteiger partial charge >= 0.3 is 0 Å². The number of benzene rings is 3. The van der Waals surface area contributed by atoms with Crippen molar-refractivity contribution < 1.29 is 12.3 Å². The SMILES string of the molecule is [2H]C([2H])([2H])c1cc(C)cc(Cc2cc(Cc3cc(CP=C)cc(C([2H])([2H])[2H])c3)cc(C([2H])([2H])[2H])c2)c1. The first-order valence-electron chi connectivity index (χ1n) is 13.3. The van der Waals surface area contributed by atoms with Gasteiger partial charge in [-0.2, -0.15) is 0 Å². The molecule has 0 spiro atoms. The Morgan fingerprint density at radius 2 is 1.04 bits per heavy atom. The Morgan fingerprint density at radius 1 is 0.630 bits per heavy atom. The maximum absolute atomic E-state index is 7.96. The summed E-state index contributed by atoms with van der Waals surface area (Å²) >= 11 is 0. The van der Waals surface area contributed by atoms with Gasteiger partial charge in [0.15, 0.2) is 0 Å². The Kier molecular flexibility index (Phi) is 3.53. The van der Waals surface area contributed by atoms with Crippen LogP contribution in [0.1, 0.15) is 62.4 Å². The molecule has 0 N–H and O–H groups in total. The van der Waals surface area contributed by atoms with E-state index in [9.17, 15) is 0 Å². The van der Waals surface area contributed by atoms with Crippen molar-refractivity contribution in [3.05, 3.63) is 105 Å². The highest BCUT2D eigenvalue weighted by Crippen LogP contribution is 2.21. The third-order valence-corrected chi connectivity index (χ3v) is 4.94. The summed E-state index contributed by atoms with van der Waals surface area (Å²) in [6.07, 6.45) is 5.21. The van der Waals surface area contributed by atoms with Crippen LogP contribution >= 0.6 is 8.20 Å². The minimum atomic E-state index is -2.32. The van der Waals surface area contributed by atoms with Crippen molar-refractivity contribution in [1.29, 1.82) is 0 Å². The standard InChI is InChI=1S/C26H29P/c1-18-6-19(2)8-22(7-18)13-23-9-20(3)10-24(14-23)15-25-11-21(4)12-26(16-25)17-27-5/h6-12,14,16H,5,13,15,17H2,1-4H3/i1D3,3D3,4D3. The zero-order valence-corrected chi connectivity index (χ0v) is 16.4. The summed E-state index contributed by atoms with van der Waals surface area (Å²) in [5, 5.41) is 0. The molecule has 0 nitrogen and oxygen atoms in total. The maximum Gasteiger partial charge on any atom is 0.0280 e. The van der Waals surface area contributed by atoms with Crippen LogP contribution in [0.25, 0.3) is 0 Å². The molecule has 0 amide bonds. The summed E-state index contributed by atoms with van der Waals surface area (Å²) in [5.41, 5.74) is 5.48. The summed E-state index contributed by atoms with van der Waals surface area (Å²) in [5.74, 6) is 0. The monoisotopic (exact) mass is 381 g/mol. The first-order chi connectivity index (χ1) is 16.5. The molecular formula is C26H29P. The Balaban J connectivity index is 2.04. The Hall–Kier alpha value is -2.17. The molecule has 27 heavy (non-hydrogen) atoms. The zero-order chi connectivity index (χ0) is 26.9. The van der Waals surface area contributed by atoms with Crippen molar-refractivity contribution in [2.75, 3.05) is 0 Å². The van der Waals surface area contributed by atoms with Gasteiger partial charge in [0.1, 0.15) is 0 Å². The number of hydrogen-bond acceptors (Lipinski definition) is 0. The second-order valence-electron chi connectivity index (χ2n) is 7.02. The predicted molar refractivity (Wildman–Crippen MR) is 122 cm³/mol. The van der Waals surface area contributed by atoms with Gasteiger partial charge in [-0.25, -0.2) is 0 Å². The van der Waals surface area contributed by atoms with Crippen molar-refractivity contribution in [1.82, 2.24) is 0 Å². The summed E-state index contributed by atoms with van der Waals surface area (Å²) in [4.78, 5) is 0. The van der Waals surface area contributed by atoms with Gasteiger partial charge < -0.3 is 0 Å². The molecule has 0 saturated heterocycles. The maximum atomic E-state index is 7.96. The summed E-state index contributed by atoms with van der Waals surface area (Å²) in [6.45, 7) is -4.96. The average Bonchev–Trinajstić information content (AvgIpc) is 2.71. The molecule has 3 aromatic rings. The van der Waals surface area contributed by atoms with Gasteiger partial charge in [0.2, 0.25) is 0 Å². The van der Waals surface area contributed by atoms with Crippen LogP contribution in [0.3, 0.4) is 0 Å². The third-order valence-electron chi connectivity index (χ3n) is 4.35. The molecule has 0 aliphatic rings. The van der Waals surface area contributed by atoms with Crippen LogP contribution in [-0.4, -0.2) is 6.30 Å². The second-order valence-corrected chi connectivity index (χ2v) is 7.78. The van der Waals surface area contributed by atoms with Gasteiger partial charge in [-0.3, -0.25) is 0 Å². The molecule has 0 unspecified atom stereocenters. The molecule has 0 bridgehead atoms. The molecule has 0 aliphatic heterocycles. The highest BCUT2D eigenvalue weighted by atomic mass is 31.1. The van der Waals surface area contributed by atoms with Crippen LogP contribution in [0.4, 0.5) is 0 Å². The van der Waals surface area contributed by atoms with Crippen LogP contribution in [0.15, 0.2) is 54.6 Å². The van der Waals surface area contributed by atoms with Gasteiger partial charge in [-0.1, -0.05) is 83.2 Å². The lowest BCUT2D eigenvalue weighted by Crippen LogP contribution is -1.96. The third kappa shape index (κ3) is 5.65.